The lowest BCUT2D eigenvalue weighted by atomic mass is 9.94. The van der Waals surface area contributed by atoms with Crippen LogP contribution in [-0.4, -0.2) is 19.5 Å². The van der Waals surface area contributed by atoms with E-state index in [0.29, 0.717) is 48.3 Å². The molecule has 0 radical (unpaired) electrons. The number of halogens is 3. The van der Waals surface area contributed by atoms with Gasteiger partial charge in [0, 0.05) is 11.5 Å². The third kappa shape index (κ3) is 5.21. The minimum absolute atomic E-state index is 0.142. The molecule has 0 amide bonds. The van der Waals surface area contributed by atoms with Crippen molar-refractivity contribution in [3.8, 4) is 22.3 Å². The lowest BCUT2D eigenvalue weighted by Gasteiger charge is -2.27. The highest BCUT2D eigenvalue weighted by Crippen LogP contribution is 2.31. The Kier molecular flexibility index (Phi) is 7.31. The predicted molar refractivity (Wildman–Crippen MR) is 124 cm³/mol. The lowest BCUT2D eigenvalue weighted by Crippen LogP contribution is -2.29. The monoisotopic (exact) mass is 452 g/mol. The molecule has 0 saturated carbocycles. The zero-order valence-corrected chi connectivity index (χ0v) is 18.8. The molecule has 3 aromatic rings. The maximum atomic E-state index is 14.8. The summed E-state index contributed by atoms with van der Waals surface area (Å²) in [6, 6.07) is 15.4. The third-order valence-corrected chi connectivity index (χ3v) is 6.01. The number of benzene rings is 3. The minimum atomic E-state index is -0.845. The standard InChI is InChI=1S/C28H27F3O2/c1-3-4-5-6-21-11-14-25(28(31)27(21)30)20-9-7-19(8-10-20)22-12-13-24(26(29)15-22)23-16-32-18(2)33-17-23/h3-4,7-15,18,23H,5-6,16-17H2,1-2H3/b4-3+. The molecule has 0 bridgehead atoms. The van der Waals surface area contributed by atoms with Crippen molar-refractivity contribution in [1.82, 2.24) is 0 Å². The molecule has 33 heavy (non-hydrogen) atoms. The van der Waals surface area contributed by atoms with Crippen LogP contribution in [0.25, 0.3) is 22.3 Å². The van der Waals surface area contributed by atoms with Crippen LogP contribution >= 0.6 is 0 Å². The summed E-state index contributed by atoms with van der Waals surface area (Å²) >= 11 is 0. The Morgan fingerprint density at radius 1 is 0.848 bits per heavy atom. The summed E-state index contributed by atoms with van der Waals surface area (Å²) in [6.45, 7) is 4.55. The molecule has 4 rings (SSSR count). The smallest absolute Gasteiger partial charge is 0.166 e. The van der Waals surface area contributed by atoms with E-state index in [-0.39, 0.29) is 23.6 Å². The number of ether oxygens (including phenoxy) is 2. The molecule has 1 saturated heterocycles. The van der Waals surface area contributed by atoms with E-state index in [2.05, 4.69) is 0 Å². The van der Waals surface area contributed by atoms with Gasteiger partial charge in [0.05, 0.1) is 13.2 Å². The second kappa shape index (κ2) is 10.4. The zero-order chi connectivity index (χ0) is 23.4. The molecule has 2 nitrogen and oxygen atoms in total. The van der Waals surface area contributed by atoms with Crippen LogP contribution in [0.2, 0.25) is 0 Å². The van der Waals surface area contributed by atoms with Gasteiger partial charge in [-0.3, -0.25) is 0 Å². The highest BCUT2D eigenvalue weighted by Gasteiger charge is 2.23. The molecule has 1 aliphatic rings. The van der Waals surface area contributed by atoms with E-state index in [1.807, 2.05) is 32.1 Å². The molecule has 1 heterocycles. The normalized spacial score (nSPS) is 18.7. The summed E-state index contributed by atoms with van der Waals surface area (Å²) < 4.78 is 55.0. The number of hydrogen-bond donors (Lipinski definition) is 0. The molecule has 5 heteroatoms. The number of hydrogen-bond acceptors (Lipinski definition) is 2. The fourth-order valence-electron chi connectivity index (χ4n) is 4.07. The maximum absolute atomic E-state index is 14.8. The van der Waals surface area contributed by atoms with E-state index < -0.39 is 11.6 Å². The molecule has 0 aliphatic carbocycles. The van der Waals surface area contributed by atoms with Gasteiger partial charge in [0.25, 0.3) is 0 Å². The molecule has 1 fully saturated rings. The number of allylic oxidation sites excluding steroid dienone is 2. The lowest BCUT2D eigenvalue weighted by molar-refractivity contribution is -0.176. The van der Waals surface area contributed by atoms with Crippen molar-refractivity contribution < 1.29 is 22.6 Å². The predicted octanol–water partition coefficient (Wildman–Crippen LogP) is 7.42. The van der Waals surface area contributed by atoms with Crippen molar-refractivity contribution in [2.75, 3.05) is 13.2 Å². The molecule has 172 valence electrons. The van der Waals surface area contributed by atoms with E-state index in [0.717, 1.165) is 5.56 Å². The zero-order valence-electron chi connectivity index (χ0n) is 18.8. The van der Waals surface area contributed by atoms with Gasteiger partial charge in [-0.15, -0.1) is 0 Å². The van der Waals surface area contributed by atoms with Crippen molar-refractivity contribution in [3.05, 3.63) is 95.3 Å². The van der Waals surface area contributed by atoms with Gasteiger partial charge in [-0.2, -0.15) is 0 Å². The molecule has 0 N–H and O–H groups in total. The van der Waals surface area contributed by atoms with Crippen LogP contribution in [0, 0.1) is 17.5 Å². The fraction of sp³-hybridized carbons (Fsp3) is 0.286. The summed E-state index contributed by atoms with van der Waals surface area (Å²) in [5, 5.41) is 0. The quantitative estimate of drug-likeness (QED) is 0.362. The summed E-state index contributed by atoms with van der Waals surface area (Å²) in [5.41, 5.74) is 3.21. The molecule has 0 atom stereocenters. The maximum Gasteiger partial charge on any atom is 0.166 e. The Hall–Kier alpha value is -2.89. The van der Waals surface area contributed by atoms with Gasteiger partial charge in [0.2, 0.25) is 0 Å². The van der Waals surface area contributed by atoms with Crippen LogP contribution in [0.3, 0.4) is 0 Å². The Labute approximate surface area is 192 Å². The van der Waals surface area contributed by atoms with Crippen LogP contribution < -0.4 is 0 Å². The van der Waals surface area contributed by atoms with Crippen molar-refractivity contribution in [2.24, 2.45) is 0 Å². The van der Waals surface area contributed by atoms with E-state index in [9.17, 15) is 13.2 Å². The van der Waals surface area contributed by atoms with Gasteiger partial charge in [-0.05, 0) is 60.6 Å². The molecule has 1 aliphatic heterocycles. The van der Waals surface area contributed by atoms with Crippen LogP contribution in [0.1, 0.15) is 37.3 Å². The van der Waals surface area contributed by atoms with Gasteiger partial charge >= 0.3 is 0 Å². The third-order valence-electron chi connectivity index (χ3n) is 6.01. The van der Waals surface area contributed by atoms with Gasteiger partial charge < -0.3 is 9.47 Å². The summed E-state index contributed by atoms with van der Waals surface area (Å²) in [6.07, 6.45) is 4.66. The largest absolute Gasteiger partial charge is 0.352 e. The molecule has 0 unspecified atom stereocenters. The Bertz CT molecular complexity index is 1130. The highest BCUT2D eigenvalue weighted by molar-refractivity contribution is 5.71. The molecule has 0 aromatic heterocycles. The van der Waals surface area contributed by atoms with Crippen molar-refractivity contribution in [1.29, 1.82) is 0 Å². The van der Waals surface area contributed by atoms with E-state index >= 15 is 0 Å². The Balaban J connectivity index is 1.53. The van der Waals surface area contributed by atoms with Gasteiger partial charge in [0.15, 0.2) is 17.9 Å². The van der Waals surface area contributed by atoms with Crippen LogP contribution in [-0.2, 0) is 15.9 Å². The van der Waals surface area contributed by atoms with Crippen molar-refractivity contribution in [3.63, 3.8) is 0 Å². The molecule has 0 spiro atoms. The Morgan fingerprint density at radius 2 is 1.52 bits per heavy atom. The first-order chi connectivity index (χ1) is 16.0. The highest BCUT2D eigenvalue weighted by atomic mass is 19.2. The second-order valence-electron chi connectivity index (χ2n) is 8.25. The van der Waals surface area contributed by atoms with Gasteiger partial charge in [-0.25, -0.2) is 13.2 Å². The fourth-order valence-corrected chi connectivity index (χ4v) is 4.07. The number of aryl methyl sites for hydroxylation is 1. The van der Waals surface area contributed by atoms with Gasteiger partial charge in [-0.1, -0.05) is 60.7 Å². The van der Waals surface area contributed by atoms with Crippen LogP contribution in [0.15, 0.2) is 66.7 Å². The average molecular weight is 453 g/mol. The summed E-state index contributed by atoms with van der Waals surface area (Å²) in [4.78, 5) is 0. The topological polar surface area (TPSA) is 18.5 Å². The van der Waals surface area contributed by atoms with E-state index in [1.54, 1.807) is 42.5 Å². The SMILES string of the molecule is C/C=C/CCc1ccc(-c2ccc(-c3ccc(C4COC(C)OC4)c(F)c3)cc2)c(F)c1F. The van der Waals surface area contributed by atoms with Crippen LogP contribution in [0.4, 0.5) is 13.2 Å². The second-order valence-corrected chi connectivity index (χ2v) is 8.25. The van der Waals surface area contributed by atoms with E-state index in [1.165, 1.54) is 6.07 Å². The summed E-state index contributed by atoms with van der Waals surface area (Å²) in [5.74, 6) is -2.10. The minimum Gasteiger partial charge on any atom is -0.352 e. The summed E-state index contributed by atoms with van der Waals surface area (Å²) in [7, 11) is 0. The van der Waals surface area contributed by atoms with Crippen molar-refractivity contribution >= 4 is 0 Å². The number of rotatable bonds is 6. The Morgan fingerprint density at radius 3 is 2.18 bits per heavy atom. The van der Waals surface area contributed by atoms with Crippen LogP contribution in [0.5, 0.6) is 0 Å². The molecule has 3 aromatic carbocycles. The average Bonchev–Trinajstić information content (AvgIpc) is 2.83. The first-order valence-electron chi connectivity index (χ1n) is 11.2. The van der Waals surface area contributed by atoms with E-state index in [4.69, 9.17) is 9.47 Å². The molecular formula is C28H27F3O2. The van der Waals surface area contributed by atoms with Gasteiger partial charge in [0.1, 0.15) is 5.82 Å². The molecular weight excluding hydrogens is 425 g/mol. The first-order valence-corrected chi connectivity index (χ1v) is 11.2. The first kappa shape index (κ1) is 23.3. The van der Waals surface area contributed by atoms with Crippen molar-refractivity contribution in [2.45, 2.75) is 38.9 Å².